The van der Waals surface area contributed by atoms with E-state index in [1.165, 1.54) is 24.3 Å². The van der Waals surface area contributed by atoms with E-state index in [1.54, 1.807) is 0 Å². The van der Waals surface area contributed by atoms with Crippen molar-refractivity contribution in [2.24, 2.45) is 0 Å². The van der Waals surface area contributed by atoms with Crippen LogP contribution in [0.25, 0.3) is 0 Å². The fraction of sp³-hybridized carbons (Fsp3) is 0.188. The summed E-state index contributed by atoms with van der Waals surface area (Å²) in [5.41, 5.74) is 1.44. The lowest BCUT2D eigenvalue weighted by molar-refractivity contribution is 0.0509. The number of carbonyl (C=O) groups is 1. The SMILES string of the molecule is CS(=O)(=O)c1ccc(C(=O)OCCc2ccccc2)cc1. The average molecular weight is 304 g/mol. The Hall–Kier alpha value is -2.14. The molecule has 0 atom stereocenters. The largest absolute Gasteiger partial charge is 0.462 e. The second-order valence-electron chi connectivity index (χ2n) is 4.67. The highest BCUT2D eigenvalue weighted by Crippen LogP contribution is 2.11. The zero-order chi connectivity index (χ0) is 15.3. The Bertz CT molecular complexity index is 704. The highest BCUT2D eigenvalue weighted by molar-refractivity contribution is 7.90. The maximum Gasteiger partial charge on any atom is 0.338 e. The summed E-state index contributed by atoms with van der Waals surface area (Å²) in [4.78, 5) is 12.0. The first-order valence-electron chi connectivity index (χ1n) is 6.48. The van der Waals surface area contributed by atoms with E-state index in [-0.39, 0.29) is 11.5 Å². The highest BCUT2D eigenvalue weighted by Gasteiger charge is 2.10. The first kappa shape index (κ1) is 15.3. The molecule has 0 fully saturated rings. The van der Waals surface area contributed by atoms with E-state index >= 15 is 0 Å². The molecular weight excluding hydrogens is 288 g/mol. The Balaban J connectivity index is 1.92. The van der Waals surface area contributed by atoms with Gasteiger partial charge in [0.05, 0.1) is 17.1 Å². The predicted octanol–water partition coefficient (Wildman–Crippen LogP) is 2.49. The van der Waals surface area contributed by atoms with Crippen LogP contribution in [-0.4, -0.2) is 27.2 Å². The molecule has 2 rings (SSSR count). The van der Waals surface area contributed by atoms with Crippen LogP contribution in [0.4, 0.5) is 0 Å². The quantitative estimate of drug-likeness (QED) is 0.796. The van der Waals surface area contributed by atoms with Gasteiger partial charge in [-0.15, -0.1) is 0 Å². The van der Waals surface area contributed by atoms with Gasteiger partial charge in [0.25, 0.3) is 0 Å². The molecule has 5 heteroatoms. The van der Waals surface area contributed by atoms with Gasteiger partial charge in [0.15, 0.2) is 9.84 Å². The van der Waals surface area contributed by atoms with E-state index in [2.05, 4.69) is 0 Å². The molecule has 0 radical (unpaired) electrons. The van der Waals surface area contributed by atoms with Gasteiger partial charge in [-0.3, -0.25) is 0 Å². The van der Waals surface area contributed by atoms with Crippen molar-refractivity contribution in [2.75, 3.05) is 12.9 Å². The summed E-state index contributed by atoms with van der Waals surface area (Å²) in [7, 11) is -3.25. The van der Waals surface area contributed by atoms with E-state index in [4.69, 9.17) is 4.74 Å². The molecule has 0 amide bonds. The van der Waals surface area contributed by atoms with Gasteiger partial charge in [0, 0.05) is 12.7 Å². The lowest BCUT2D eigenvalue weighted by atomic mass is 10.2. The van der Waals surface area contributed by atoms with E-state index < -0.39 is 15.8 Å². The van der Waals surface area contributed by atoms with Crippen molar-refractivity contribution < 1.29 is 17.9 Å². The molecule has 0 bridgehead atoms. The predicted molar refractivity (Wildman–Crippen MR) is 80.0 cm³/mol. The molecule has 21 heavy (non-hydrogen) atoms. The zero-order valence-corrected chi connectivity index (χ0v) is 12.5. The molecule has 0 heterocycles. The molecule has 0 saturated heterocycles. The van der Waals surface area contributed by atoms with Crippen LogP contribution in [0.2, 0.25) is 0 Å². The van der Waals surface area contributed by atoms with Crippen molar-refractivity contribution >= 4 is 15.8 Å². The lowest BCUT2D eigenvalue weighted by Gasteiger charge is -2.05. The van der Waals surface area contributed by atoms with Crippen LogP contribution in [0.1, 0.15) is 15.9 Å². The zero-order valence-electron chi connectivity index (χ0n) is 11.7. The molecule has 0 unspecified atom stereocenters. The van der Waals surface area contributed by atoms with Crippen molar-refractivity contribution in [2.45, 2.75) is 11.3 Å². The molecule has 2 aromatic carbocycles. The van der Waals surface area contributed by atoms with Gasteiger partial charge in [-0.05, 0) is 29.8 Å². The summed E-state index contributed by atoms with van der Waals surface area (Å²) in [6, 6.07) is 15.5. The molecule has 2 aromatic rings. The van der Waals surface area contributed by atoms with Gasteiger partial charge in [-0.25, -0.2) is 13.2 Å². The van der Waals surface area contributed by atoms with Gasteiger partial charge in [-0.1, -0.05) is 30.3 Å². The number of carbonyl (C=O) groups excluding carboxylic acids is 1. The highest BCUT2D eigenvalue weighted by atomic mass is 32.2. The number of ether oxygens (including phenoxy) is 1. The fourth-order valence-electron chi connectivity index (χ4n) is 1.83. The maximum absolute atomic E-state index is 11.8. The molecule has 0 saturated carbocycles. The Morgan fingerprint density at radius 1 is 1.00 bits per heavy atom. The third-order valence-electron chi connectivity index (χ3n) is 2.98. The van der Waals surface area contributed by atoms with Crippen molar-refractivity contribution in [1.29, 1.82) is 0 Å². The minimum Gasteiger partial charge on any atom is -0.462 e. The number of hydrogen-bond donors (Lipinski definition) is 0. The summed E-state index contributed by atoms with van der Waals surface area (Å²) in [5.74, 6) is -0.453. The molecule has 4 nitrogen and oxygen atoms in total. The Morgan fingerprint density at radius 3 is 2.19 bits per heavy atom. The summed E-state index contributed by atoms with van der Waals surface area (Å²) in [6.07, 6.45) is 1.77. The minimum absolute atomic E-state index is 0.184. The Morgan fingerprint density at radius 2 is 1.62 bits per heavy atom. The minimum atomic E-state index is -3.25. The van der Waals surface area contributed by atoms with Crippen LogP contribution in [0.5, 0.6) is 0 Å². The van der Waals surface area contributed by atoms with E-state index in [0.29, 0.717) is 12.0 Å². The second kappa shape index (κ2) is 6.54. The van der Waals surface area contributed by atoms with Gasteiger partial charge in [-0.2, -0.15) is 0 Å². The normalized spacial score (nSPS) is 11.1. The Labute approximate surface area is 124 Å². The second-order valence-corrected chi connectivity index (χ2v) is 6.68. The summed E-state index contributed by atoms with van der Waals surface area (Å²) < 4.78 is 27.8. The molecule has 0 N–H and O–H groups in total. The molecular formula is C16H16O4S. The van der Waals surface area contributed by atoms with Crippen LogP contribution in [0, 0.1) is 0 Å². The number of rotatable bonds is 5. The first-order chi connectivity index (χ1) is 9.97. The van der Waals surface area contributed by atoms with Gasteiger partial charge in [0.1, 0.15) is 0 Å². The number of hydrogen-bond acceptors (Lipinski definition) is 4. The van der Waals surface area contributed by atoms with Crippen LogP contribution in [-0.2, 0) is 21.0 Å². The van der Waals surface area contributed by atoms with Gasteiger partial charge >= 0.3 is 5.97 Å². The molecule has 0 spiro atoms. The third-order valence-corrected chi connectivity index (χ3v) is 4.11. The molecule has 0 aliphatic heterocycles. The van der Waals surface area contributed by atoms with Crippen molar-refractivity contribution in [3.63, 3.8) is 0 Å². The topological polar surface area (TPSA) is 60.4 Å². The van der Waals surface area contributed by atoms with Crippen LogP contribution >= 0.6 is 0 Å². The summed E-state index contributed by atoms with van der Waals surface area (Å²) in [6.45, 7) is 0.288. The van der Waals surface area contributed by atoms with Crippen LogP contribution in [0.15, 0.2) is 59.5 Å². The first-order valence-corrected chi connectivity index (χ1v) is 8.37. The molecule has 0 aliphatic carbocycles. The van der Waals surface area contributed by atoms with E-state index in [0.717, 1.165) is 11.8 Å². The summed E-state index contributed by atoms with van der Waals surface area (Å²) >= 11 is 0. The van der Waals surface area contributed by atoms with Gasteiger partial charge < -0.3 is 4.74 Å². The van der Waals surface area contributed by atoms with Gasteiger partial charge in [0.2, 0.25) is 0 Å². The lowest BCUT2D eigenvalue weighted by Crippen LogP contribution is -2.08. The van der Waals surface area contributed by atoms with Crippen molar-refractivity contribution in [3.05, 3.63) is 65.7 Å². The monoisotopic (exact) mass is 304 g/mol. The maximum atomic E-state index is 11.8. The third kappa shape index (κ3) is 4.43. The standard InChI is InChI=1S/C16H16O4S/c1-21(18,19)15-9-7-14(8-10-15)16(17)20-12-11-13-5-3-2-4-6-13/h2-10H,11-12H2,1H3. The fourth-order valence-corrected chi connectivity index (χ4v) is 2.46. The smallest absolute Gasteiger partial charge is 0.338 e. The van der Waals surface area contributed by atoms with E-state index in [9.17, 15) is 13.2 Å². The van der Waals surface area contributed by atoms with Crippen LogP contribution in [0.3, 0.4) is 0 Å². The average Bonchev–Trinajstić information content (AvgIpc) is 2.47. The van der Waals surface area contributed by atoms with Crippen molar-refractivity contribution in [1.82, 2.24) is 0 Å². The van der Waals surface area contributed by atoms with E-state index in [1.807, 2.05) is 30.3 Å². The van der Waals surface area contributed by atoms with Crippen molar-refractivity contribution in [3.8, 4) is 0 Å². The Kier molecular flexibility index (Phi) is 4.75. The van der Waals surface area contributed by atoms with Crippen LogP contribution < -0.4 is 0 Å². The molecule has 0 aromatic heterocycles. The molecule has 0 aliphatic rings. The molecule has 110 valence electrons. The number of esters is 1. The number of benzene rings is 2. The number of sulfone groups is 1. The summed E-state index contributed by atoms with van der Waals surface area (Å²) in [5, 5.41) is 0.